The lowest BCUT2D eigenvalue weighted by atomic mass is 9.52. The Kier molecular flexibility index (Phi) is 8.27. The number of imide groups is 4. The summed E-state index contributed by atoms with van der Waals surface area (Å²) in [5, 5.41) is 16.9. The minimum absolute atomic E-state index is 0.0995. The number of halogens is 1. The van der Waals surface area contributed by atoms with Crippen molar-refractivity contribution in [3.8, 4) is 27.8 Å². The fourth-order valence-electron chi connectivity index (χ4n) is 9.09. The summed E-state index contributed by atoms with van der Waals surface area (Å²) in [6.45, 7) is 3.75. The minimum atomic E-state index is -1.32. The topological polar surface area (TPSA) is 174 Å². The molecule has 4 aliphatic rings. The molecule has 6 atom stereocenters. The zero-order valence-corrected chi connectivity index (χ0v) is 31.5. The molecule has 2 aliphatic carbocycles. The van der Waals surface area contributed by atoms with Gasteiger partial charge in [-0.15, -0.1) is 11.3 Å². The van der Waals surface area contributed by atoms with Crippen molar-refractivity contribution in [3.63, 3.8) is 0 Å². The second kappa shape index (κ2) is 12.6. The molecule has 2 aromatic carbocycles. The number of carbonyl (C=O) groups is 5. The van der Waals surface area contributed by atoms with Gasteiger partial charge in [0.1, 0.15) is 11.5 Å². The molecule has 0 unspecified atom stereocenters. The van der Waals surface area contributed by atoms with Crippen LogP contribution in [0, 0.1) is 41.9 Å². The van der Waals surface area contributed by atoms with Gasteiger partial charge in [-0.3, -0.25) is 23.9 Å². The number of hydrogen-bond donors (Lipinski definition) is 2. The molecule has 4 heterocycles. The molecule has 4 aromatic rings. The number of hydrogen-bond acceptors (Lipinski definition) is 10. The summed E-state index contributed by atoms with van der Waals surface area (Å²) >= 11 is 7.83. The summed E-state index contributed by atoms with van der Waals surface area (Å²) in [6, 6.07) is 9.49. The van der Waals surface area contributed by atoms with Gasteiger partial charge in [0.05, 0.1) is 42.3 Å². The third-order valence-electron chi connectivity index (χ3n) is 11.8. The number of methoxy groups -OCH3 is 2. The molecule has 8 rings (SSSR count). The van der Waals surface area contributed by atoms with Gasteiger partial charge in [0.15, 0.2) is 11.5 Å². The van der Waals surface area contributed by atoms with Gasteiger partial charge in [-0.1, -0.05) is 35.4 Å². The number of carbonyl (C=O) groups excluding carboxylic acids is 5. The number of aromatic nitrogens is 2. The van der Waals surface area contributed by atoms with Crippen LogP contribution in [0.2, 0.25) is 5.02 Å². The number of amides is 6. The average Bonchev–Trinajstić information content (AvgIpc) is 3.81. The van der Waals surface area contributed by atoms with E-state index in [0.717, 1.165) is 26.1 Å². The molecule has 13 nitrogen and oxygen atoms in total. The SMILES string of the molecule is COc1cc(C=C[C@H]2C3=CC[C@@H]4C(=O)N(C(N)=O)C(=O)[C@@H]4[C@@H]3C[C@H]3C(=O)N(c4cc(-c5sc6ccc(Cl)cc6c5C)nn4C)C(=O)[C@@]23C)cc(OC)c1O. The Morgan fingerprint density at radius 1 is 1.06 bits per heavy atom. The zero-order chi connectivity index (χ0) is 38.5. The summed E-state index contributed by atoms with van der Waals surface area (Å²) in [5.41, 5.74) is 7.03. The molecule has 2 aliphatic heterocycles. The number of allylic oxidation sites excluding steroid dienone is 3. The maximum atomic E-state index is 15.0. The molecule has 0 radical (unpaired) electrons. The number of aromatic hydroxyl groups is 1. The second-order valence-corrected chi connectivity index (χ2v) is 15.9. The first kappa shape index (κ1) is 35.6. The molecular weight excluding hydrogens is 734 g/mol. The maximum Gasteiger partial charge on any atom is 0.328 e. The highest BCUT2D eigenvalue weighted by Crippen LogP contribution is 2.61. The molecule has 278 valence electrons. The van der Waals surface area contributed by atoms with E-state index in [1.54, 1.807) is 38.2 Å². The van der Waals surface area contributed by atoms with Gasteiger partial charge >= 0.3 is 6.03 Å². The van der Waals surface area contributed by atoms with Crippen LogP contribution in [0.25, 0.3) is 26.7 Å². The Morgan fingerprint density at radius 2 is 1.76 bits per heavy atom. The highest BCUT2D eigenvalue weighted by atomic mass is 35.5. The van der Waals surface area contributed by atoms with Crippen molar-refractivity contribution in [2.45, 2.75) is 26.7 Å². The van der Waals surface area contributed by atoms with Crippen LogP contribution in [0.15, 0.2) is 54.1 Å². The number of nitrogens with zero attached hydrogens (tertiary/aromatic N) is 4. The van der Waals surface area contributed by atoms with Gasteiger partial charge in [-0.25, -0.2) is 9.69 Å². The number of fused-ring (bicyclic) bond motifs is 5. The van der Waals surface area contributed by atoms with Crippen molar-refractivity contribution in [2.24, 2.45) is 47.8 Å². The van der Waals surface area contributed by atoms with Crippen LogP contribution in [0.5, 0.6) is 17.2 Å². The van der Waals surface area contributed by atoms with Crippen LogP contribution in [-0.2, 0) is 26.2 Å². The average molecular weight is 770 g/mol. The highest BCUT2D eigenvalue weighted by Gasteiger charge is 2.67. The Bertz CT molecular complexity index is 2390. The molecule has 6 amide bonds. The fraction of sp³-hybridized carbons (Fsp3) is 0.333. The van der Waals surface area contributed by atoms with Gasteiger partial charge in [0.25, 0.3) is 0 Å². The second-order valence-electron chi connectivity index (χ2n) is 14.4. The number of rotatable bonds is 6. The van der Waals surface area contributed by atoms with E-state index in [4.69, 9.17) is 31.9 Å². The van der Waals surface area contributed by atoms with E-state index in [1.165, 1.54) is 35.1 Å². The van der Waals surface area contributed by atoms with Crippen molar-refractivity contribution in [2.75, 3.05) is 19.1 Å². The van der Waals surface area contributed by atoms with Gasteiger partial charge in [-0.2, -0.15) is 10.00 Å². The molecule has 1 saturated carbocycles. The zero-order valence-electron chi connectivity index (χ0n) is 30.0. The van der Waals surface area contributed by atoms with E-state index < -0.39 is 64.7 Å². The van der Waals surface area contributed by atoms with E-state index >= 15 is 0 Å². The summed E-state index contributed by atoms with van der Waals surface area (Å²) in [4.78, 5) is 71.5. The smallest absolute Gasteiger partial charge is 0.328 e. The highest BCUT2D eigenvalue weighted by molar-refractivity contribution is 7.22. The summed E-state index contributed by atoms with van der Waals surface area (Å²) in [5.74, 6) is -5.78. The van der Waals surface area contributed by atoms with Crippen LogP contribution in [-0.4, -0.2) is 63.7 Å². The molecule has 3 N–H and O–H groups in total. The number of nitrogens with two attached hydrogens (primary N) is 1. The lowest BCUT2D eigenvalue weighted by molar-refractivity contribution is -0.136. The Morgan fingerprint density at radius 3 is 2.43 bits per heavy atom. The first-order chi connectivity index (χ1) is 25.7. The predicted octanol–water partition coefficient (Wildman–Crippen LogP) is 5.84. The third-order valence-corrected chi connectivity index (χ3v) is 13.3. The molecular formula is C39H36ClN5O8S. The first-order valence-electron chi connectivity index (χ1n) is 17.3. The van der Waals surface area contributed by atoms with Gasteiger partial charge in [0, 0.05) is 28.8 Å². The van der Waals surface area contributed by atoms with Crippen LogP contribution in [0.1, 0.15) is 30.9 Å². The number of likely N-dealkylation sites (tertiary alicyclic amines) is 1. The van der Waals surface area contributed by atoms with Crippen molar-refractivity contribution in [3.05, 3.63) is 70.3 Å². The number of primary amides is 1. The first-order valence-corrected chi connectivity index (χ1v) is 18.5. The van der Waals surface area contributed by atoms with Crippen molar-refractivity contribution < 1.29 is 38.6 Å². The normalized spacial score (nSPS) is 26.4. The van der Waals surface area contributed by atoms with Crippen molar-refractivity contribution in [1.82, 2.24) is 14.7 Å². The van der Waals surface area contributed by atoms with Crippen LogP contribution in [0.3, 0.4) is 0 Å². The van der Waals surface area contributed by atoms with Crippen molar-refractivity contribution in [1.29, 1.82) is 0 Å². The number of anilines is 1. The molecule has 2 saturated heterocycles. The summed E-state index contributed by atoms with van der Waals surface area (Å²) in [6.07, 6.45) is 5.70. The van der Waals surface area contributed by atoms with E-state index in [1.807, 2.05) is 37.3 Å². The molecule has 0 spiro atoms. The lowest BCUT2D eigenvalue weighted by Crippen LogP contribution is -2.49. The summed E-state index contributed by atoms with van der Waals surface area (Å²) in [7, 11) is 4.51. The monoisotopic (exact) mass is 769 g/mol. The fourth-order valence-corrected chi connectivity index (χ4v) is 10.4. The van der Waals surface area contributed by atoms with Crippen LogP contribution < -0.4 is 20.1 Å². The number of aryl methyl sites for hydroxylation is 2. The Balaban J connectivity index is 1.24. The molecule has 15 heteroatoms. The van der Waals surface area contributed by atoms with Gasteiger partial charge in [0.2, 0.25) is 29.4 Å². The van der Waals surface area contributed by atoms with E-state index in [9.17, 15) is 29.1 Å². The number of ether oxygens (including phenoxy) is 2. The minimum Gasteiger partial charge on any atom is -0.502 e. The van der Waals surface area contributed by atoms with E-state index in [-0.39, 0.29) is 30.1 Å². The lowest BCUT2D eigenvalue weighted by Gasteiger charge is -2.47. The largest absolute Gasteiger partial charge is 0.502 e. The van der Waals surface area contributed by atoms with Crippen LogP contribution in [0.4, 0.5) is 10.6 Å². The summed E-state index contributed by atoms with van der Waals surface area (Å²) < 4.78 is 13.3. The van der Waals surface area contributed by atoms with Crippen molar-refractivity contribution >= 4 is 74.6 Å². The molecule has 0 bridgehead atoms. The Hall–Kier alpha value is -5.47. The van der Waals surface area contributed by atoms with Gasteiger partial charge < -0.3 is 20.3 Å². The van der Waals surface area contributed by atoms with Crippen LogP contribution >= 0.6 is 22.9 Å². The third kappa shape index (κ3) is 4.95. The number of phenolic OH excluding ortho intramolecular Hbond substituents is 1. The number of phenols is 1. The number of urea groups is 1. The molecule has 3 fully saturated rings. The Labute approximate surface area is 318 Å². The van der Waals surface area contributed by atoms with Gasteiger partial charge in [-0.05, 0) is 79.5 Å². The van der Waals surface area contributed by atoms with E-state index in [2.05, 4.69) is 0 Å². The molecule has 54 heavy (non-hydrogen) atoms. The van der Waals surface area contributed by atoms with E-state index in [0.29, 0.717) is 27.0 Å². The molecule has 2 aromatic heterocycles. The predicted molar refractivity (Wildman–Crippen MR) is 201 cm³/mol. The standard InChI is InChI=1S/C39H36ClN5O8S/c1-17-22-14-19(40)7-11-29(22)54-33(17)26-16-30(43(3)42-26)44-35(48)25-15-23-20(8-9-21-31(23)36(49)45(34(21)47)38(41)51)24(39(25,2)37(44)50)10-6-18-12-27(52-4)32(46)28(13-18)53-5/h6-8,10-14,16,21,23-25,31,46H,9,15H2,1-5H3,(H2,41,51)/t21-,23+,24-,25-,31-,39-/m0/s1. The number of thiophene rings is 1. The quantitative estimate of drug-likeness (QED) is 0.180. The number of benzene rings is 2. The maximum absolute atomic E-state index is 15.0.